The van der Waals surface area contributed by atoms with Crippen molar-refractivity contribution in [1.29, 1.82) is 0 Å². The highest BCUT2D eigenvalue weighted by molar-refractivity contribution is 9.09. The van der Waals surface area contributed by atoms with Gasteiger partial charge in [0.05, 0.1) is 6.42 Å². The van der Waals surface area contributed by atoms with E-state index in [1.807, 2.05) is 18.2 Å². The summed E-state index contributed by atoms with van der Waals surface area (Å²) in [6.07, 6.45) is 1.56. The first kappa shape index (κ1) is 12.9. The van der Waals surface area contributed by atoms with E-state index < -0.39 is 0 Å². The summed E-state index contributed by atoms with van der Waals surface area (Å²) in [4.78, 5) is 25.3. The minimum Gasteiger partial charge on any atom is -0.281 e. The van der Waals surface area contributed by atoms with Gasteiger partial charge in [0.1, 0.15) is 0 Å². The maximum atomic E-state index is 12.1. The molecular formula is C15H16BrNO2. The maximum Gasteiger partial charge on any atom is 0.260 e. The van der Waals surface area contributed by atoms with Gasteiger partial charge >= 0.3 is 0 Å². The largest absolute Gasteiger partial charge is 0.281 e. The third-order valence-corrected chi connectivity index (χ3v) is 5.46. The Balaban J connectivity index is 1.95. The number of hydrogen-bond acceptors (Lipinski definition) is 2. The molecule has 1 aliphatic heterocycles. The molecule has 19 heavy (non-hydrogen) atoms. The molecule has 0 spiro atoms. The number of hydrogen-bond donors (Lipinski definition) is 0. The van der Waals surface area contributed by atoms with Crippen LogP contribution < -0.4 is 0 Å². The maximum absolute atomic E-state index is 12.1. The van der Waals surface area contributed by atoms with Gasteiger partial charge in [-0.3, -0.25) is 14.5 Å². The summed E-state index contributed by atoms with van der Waals surface area (Å²) in [6.45, 7) is 2.24. The van der Waals surface area contributed by atoms with Crippen molar-refractivity contribution in [3.63, 3.8) is 0 Å². The third-order valence-electron chi connectivity index (χ3n) is 4.25. The number of imide groups is 1. The lowest BCUT2D eigenvalue weighted by Gasteiger charge is -2.24. The quantitative estimate of drug-likeness (QED) is 0.620. The minimum atomic E-state index is -0.184. The van der Waals surface area contributed by atoms with Crippen LogP contribution in [0.1, 0.15) is 39.7 Å². The Morgan fingerprint density at radius 3 is 2.68 bits per heavy atom. The van der Waals surface area contributed by atoms with Crippen molar-refractivity contribution in [3.8, 4) is 0 Å². The second kappa shape index (κ2) is 4.44. The highest BCUT2D eigenvalue weighted by Crippen LogP contribution is 2.51. The number of fused-ring (bicyclic) bond motifs is 1. The average molecular weight is 322 g/mol. The van der Waals surface area contributed by atoms with Crippen LogP contribution in [0, 0.1) is 11.8 Å². The molecule has 3 nitrogen and oxygen atoms in total. The molecule has 3 atom stereocenters. The van der Waals surface area contributed by atoms with E-state index in [-0.39, 0.29) is 11.8 Å². The number of likely N-dealkylation sites (N-methyl/N-ethyl adjacent to an activating group) is 1. The molecule has 0 N–H and O–H groups in total. The number of carbonyl (C=O) groups excluding carboxylic acids is 2. The molecule has 0 bridgehead atoms. The van der Waals surface area contributed by atoms with E-state index in [0.29, 0.717) is 22.7 Å². The van der Waals surface area contributed by atoms with Crippen LogP contribution in [0.15, 0.2) is 18.2 Å². The number of alkyl halides is 1. The van der Waals surface area contributed by atoms with E-state index in [1.54, 1.807) is 7.05 Å². The van der Waals surface area contributed by atoms with Gasteiger partial charge in [-0.15, -0.1) is 0 Å². The summed E-state index contributed by atoms with van der Waals surface area (Å²) in [6, 6.07) is 5.91. The zero-order chi connectivity index (χ0) is 13.7. The van der Waals surface area contributed by atoms with E-state index in [2.05, 4.69) is 22.9 Å². The van der Waals surface area contributed by atoms with Gasteiger partial charge in [0.25, 0.3) is 5.91 Å². The van der Waals surface area contributed by atoms with Crippen LogP contribution >= 0.6 is 15.9 Å². The highest BCUT2D eigenvalue weighted by Gasteiger charge is 2.39. The molecule has 3 unspecified atom stereocenters. The molecule has 1 fully saturated rings. The fourth-order valence-corrected chi connectivity index (χ4v) is 3.72. The predicted molar refractivity (Wildman–Crippen MR) is 76.2 cm³/mol. The van der Waals surface area contributed by atoms with Crippen molar-refractivity contribution in [2.24, 2.45) is 11.8 Å². The molecule has 0 aromatic heterocycles. The van der Waals surface area contributed by atoms with Crippen LogP contribution in [0.5, 0.6) is 0 Å². The molecule has 100 valence electrons. The van der Waals surface area contributed by atoms with Gasteiger partial charge in [-0.1, -0.05) is 35.0 Å². The van der Waals surface area contributed by atoms with Crippen molar-refractivity contribution in [2.45, 2.75) is 24.6 Å². The SMILES string of the molecule is CC1CC1C(Br)c1ccc2c(c1)C(=O)N(C)C(=O)C2. The van der Waals surface area contributed by atoms with Crippen LogP contribution in [0.4, 0.5) is 0 Å². The first-order chi connectivity index (χ1) is 8.99. The Hall–Kier alpha value is -1.16. The van der Waals surface area contributed by atoms with E-state index in [0.717, 1.165) is 17.0 Å². The van der Waals surface area contributed by atoms with Crippen molar-refractivity contribution in [3.05, 3.63) is 34.9 Å². The van der Waals surface area contributed by atoms with Crippen LogP contribution in [0.3, 0.4) is 0 Å². The number of benzene rings is 1. The number of halogens is 1. The number of rotatable bonds is 2. The van der Waals surface area contributed by atoms with E-state index in [1.165, 1.54) is 11.3 Å². The molecule has 1 heterocycles. The highest BCUT2D eigenvalue weighted by atomic mass is 79.9. The lowest BCUT2D eigenvalue weighted by molar-refractivity contribution is -0.127. The standard InChI is InChI=1S/C15H16BrNO2/c1-8-5-11(8)14(16)10-4-3-9-7-13(18)17(2)15(19)12(9)6-10/h3-4,6,8,11,14H,5,7H2,1-2H3. The van der Waals surface area contributed by atoms with Gasteiger partial charge < -0.3 is 0 Å². The van der Waals surface area contributed by atoms with Gasteiger partial charge in [-0.25, -0.2) is 0 Å². The van der Waals surface area contributed by atoms with Gasteiger partial charge in [-0.2, -0.15) is 0 Å². The summed E-state index contributed by atoms with van der Waals surface area (Å²) in [5.41, 5.74) is 2.67. The molecule has 3 rings (SSSR count). The van der Waals surface area contributed by atoms with E-state index in [4.69, 9.17) is 0 Å². The lowest BCUT2D eigenvalue weighted by atomic mass is 9.94. The van der Waals surface area contributed by atoms with Crippen LogP contribution in [-0.2, 0) is 11.2 Å². The lowest BCUT2D eigenvalue weighted by Crippen LogP contribution is -2.39. The Morgan fingerprint density at radius 2 is 2.05 bits per heavy atom. The predicted octanol–water partition coefficient (Wildman–Crippen LogP) is 2.93. The Labute approximate surface area is 121 Å². The molecule has 0 saturated heterocycles. The zero-order valence-corrected chi connectivity index (χ0v) is 12.6. The molecule has 4 heteroatoms. The number of amides is 2. The topological polar surface area (TPSA) is 37.4 Å². The monoisotopic (exact) mass is 321 g/mol. The van der Waals surface area contributed by atoms with Gasteiger partial charge in [-0.05, 0) is 35.4 Å². The molecule has 0 radical (unpaired) electrons. The Bertz CT molecular complexity index is 569. The molecule has 2 amide bonds. The molecular weight excluding hydrogens is 306 g/mol. The molecule has 2 aliphatic rings. The zero-order valence-electron chi connectivity index (χ0n) is 11.0. The second-order valence-corrected chi connectivity index (χ2v) is 6.62. The molecule has 1 aliphatic carbocycles. The normalized spacial score (nSPS) is 27.2. The third kappa shape index (κ3) is 2.12. The van der Waals surface area contributed by atoms with Crippen LogP contribution in [-0.4, -0.2) is 23.8 Å². The van der Waals surface area contributed by atoms with Crippen molar-refractivity contribution in [1.82, 2.24) is 4.90 Å². The Kier molecular flexibility index (Phi) is 3.01. The van der Waals surface area contributed by atoms with Gasteiger partial charge in [0.15, 0.2) is 0 Å². The van der Waals surface area contributed by atoms with Crippen molar-refractivity contribution >= 4 is 27.7 Å². The van der Waals surface area contributed by atoms with Gasteiger partial charge in [0, 0.05) is 17.4 Å². The molecule has 1 aromatic rings. The second-order valence-electron chi connectivity index (χ2n) is 5.63. The summed E-state index contributed by atoms with van der Waals surface area (Å²) >= 11 is 3.74. The van der Waals surface area contributed by atoms with Gasteiger partial charge in [0.2, 0.25) is 5.91 Å². The fraction of sp³-hybridized carbons (Fsp3) is 0.467. The Morgan fingerprint density at radius 1 is 1.37 bits per heavy atom. The van der Waals surface area contributed by atoms with E-state index >= 15 is 0 Å². The number of carbonyl (C=O) groups is 2. The van der Waals surface area contributed by atoms with Crippen molar-refractivity contribution < 1.29 is 9.59 Å². The molecule has 1 aromatic carbocycles. The fourth-order valence-electron chi connectivity index (χ4n) is 2.70. The number of nitrogens with zero attached hydrogens (tertiary/aromatic N) is 1. The van der Waals surface area contributed by atoms with Crippen LogP contribution in [0.25, 0.3) is 0 Å². The van der Waals surface area contributed by atoms with Crippen LogP contribution in [0.2, 0.25) is 0 Å². The summed E-state index contributed by atoms with van der Waals surface area (Å²) in [7, 11) is 1.55. The minimum absolute atomic E-state index is 0.128. The summed E-state index contributed by atoms with van der Waals surface area (Å²) < 4.78 is 0. The van der Waals surface area contributed by atoms with E-state index in [9.17, 15) is 9.59 Å². The first-order valence-electron chi connectivity index (χ1n) is 6.57. The summed E-state index contributed by atoms with van der Waals surface area (Å²) in [5.74, 6) is 1.10. The average Bonchev–Trinajstić information content (AvgIpc) is 3.12. The first-order valence-corrected chi connectivity index (χ1v) is 7.48. The van der Waals surface area contributed by atoms with Crippen molar-refractivity contribution in [2.75, 3.05) is 7.05 Å². The summed E-state index contributed by atoms with van der Waals surface area (Å²) in [5, 5.41) is 0. The molecule has 1 saturated carbocycles. The smallest absolute Gasteiger partial charge is 0.260 e.